The van der Waals surface area contributed by atoms with Crippen LogP contribution in [0.1, 0.15) is 19.8 Å². The number of piperazine rings is 1. The standard InChI is InChI=1S/C21H28N4O7S/c1-3-31-21(28)24-11-9-23(10-12-24)19(26)15-5-4-8-25(14-15)33(29,30)16-6-7-17-18(13-16)32-20(27)22(17)2/h6-7,13,15H,3-5,8-12,14H2,1-2H3/t15-/m1/s1. The van der Waals surface area contributed by atoms with Crippen LogP contribution in [-0.2, 0) is 26.6 Å². The second-order valence-electron chi connectivity index (χ2n) is 8.27. The lowest BCUT2D eigenvalue weighted by atomic mass is 9.98. The number of sulfonamides is 1. The van der Waals surface area contributed by atoms with Crippen molar-refractivity contribution >= 4 is 33.1 Å². The number of fused-ring (bicyclic) bond motifs is 1. The summed E-state index contributed by atoms with van der Waals surface area (Å²) < 4.78 is 39.3. The quantitative estimate of drug-likeness (QED) is 0.635. The number of hydrogen-bond donors (Lipinski definition) is 0. The maximum absolute atomic E-state index is 13.3. The molecule has 1 aromatic carbocycles. The van der Waals surface area contributed by atoms with Gasteiger partial charge in [-0.2, -0.15) is 4.31 Å². The summed E-state index contributed by atoms with van der Waals surface area (Å²) in [5.41, 5.74) is 0.709. The highest BCUT2D eigenvalue weighted by atomic mass is 32.2. The molecule has 0 spiro atoms. The van der Waals surface area contributed by atoms with Gasteiger partial charge in [0, 0.05) is 52.4 Å². The summed E-state index contributed by atoms with van der Waals surface area (Å²) in [7, 11) is -2.31. The maximum Gasteiger partial charge on any atom is 0.419 e. The Bertz CT molecular complexity index is 1210. The number of rotatable bonds is 4. The van der Waals surface area contributed by atoms with E-state index in [0.29, 0.717) is 57.7 Å². The van der Waals surface area contributed by atoms with Crippen molar-refractivity contribution in [1.29, 1.82) is 0 Å². The predicted molar refractivity (Wildman–Crippen MR) is 118 cm³/mol. The third-order valence-corrected chi connectivity index (χ3v) is 8.11. The maximum atomic E-state index is 13.3. The molecule has 12 heteroatoms. The summed E-state index contributed by atoms with van der Waals surface area (Å²) in [6, 6.07) is 4.35. The minimum absolute atomic E-state index is 0.0282. The molecule has 2 aliphatic rings. The van der Waals surface area contributed by atoms with E-state index in [4.69, 9.17) is 9.15 Å². The summed E-state index contributed by atoms with van der Waals surface area (Å²) >= 11 is 0. The molecule has 0 unspecified atom stereocenters. The van der Waals surface area contributed by atoms with Crippen molar-refractivity contribution in [2.45, 2.75) is 24.7 Å². The molecule has 2 amide bonds. The summed E-state index contributed by atoms with van der Waals surface area (Å²) in [5.74, 6) is -1.10. The molecule has 33 heavy (non-hydrogen) atoms. The fourth-order valence-electron chi connectivity index (χ4n) is 4.37. The van der Waals surface area contributed by atoms with Crippen molar-refractivity contribution < 1.29 is 27.2 Å². The van der Waals surface area contributed by atoms with E-state index in [2.05, 4.69) is 0 Å². The van der Waals surface area contributed by atoms with E-state index in [1.807, 2.05) is 0 Å². The molecule has 4 rings (SSSR count). The van der Waals surface area contributed by atoms with Crippen LogP contribution in [0.4, 0.5) is 4.79 Å². The number of benzene rings is 1. The van der Waals surface area contributed by atoms with Gasteiger partial charge >= 0.3 is 11.8 Å². The van der Waals surface area contributed by atoms with E-state index in [1.165, 1.54) is 21.0 Å². The molecule has 2 saturated heterocycles. The molecule has 180 valence electrons. The summed E-state index contributed by atoms with van der Waals surface area (Å²) in [5, 5.41) is 0. The number of ether oxygens (including phenoxy) is 1. The molecule has 2 aromatic rings. The van der Waals surface area contributed by atoms with Crippen LogP contribution in [-0.4, -0.2) is 85.0 Å². The van der Waals surface area contributed by atoms with Crippen LogP contribution < -0.4 is 5.76 Å². The van der Waals surface area contributed by atoms with E-state index in [9.17, 15) is 22.8 Å². The van der Waals surface area contributed by atoms with Crippen molar-refractivity contribution in [2.24, 2.45) is 13.0 Å². The monoisotopic (exact) mass is 480 g/mol. The fourth-order valence-corrected chi connectivity index (χ4v) is 5.91. The van der Waals surface area contributed by atoms with Crippen molar-refractivity contribution in [3.8, 4) is 0 Å². The van der Waals surface area contributed by atoms with Crippen molar-refractivity contribution in [2.75, 3.05) is 45.9 Å². The molecular weight excluding hydrogens is 452 g/mol. The molecule has 2 fully saturated rings. The second kappa shape index (κ2) is 9.18. The zero-order chi connectivity index (χ0) is 23.8. The van der Waals surface area contributed by atoms with Crippen molar-refractivity contribution in [3.05, 3.63) is 28.7 Å². The van der Waals surface area contributed by atoms with Crippen LogP contribution in [0.2, 0.25) is 0 Å². The van der Waals surface area contributed by atoms with E-state index in [0.717, 1.165) is 0 Å². The molecule has 2 aliphatic heterocycles. The van der Waals surface area contributed by atoms with Gasteiger partial charge in [-0.3, -0.25) is 9.36 Å². The Morgan fingerprint density at radius 2 is 1.82 bits per heavy atom. The highest BCUT2D eigenvalue weighted by molar-refractivity contribution is 7.89. The molecule has 0 N–H and O–H groups in total. The number of carbonyl (C=O) groups excluding carboxylic acids is 2. The Kier molecular flexibility index (Phi) is 6.48. The highest BCUT2D eigenvalue weighted by Crippen LogP contribution is 2.27. The average molecular weight is 481 g/mol. The third kappa shape index (κ3) is 4.49. The van der Waals surface area contributed by atoms with Crippen LogP contribution in [0, 0.1) is 5.92 Å². The number of nitrogens with zero attached hydrogens (tertiary/aromatic N) is 4. The first-order chi connectivity index (χ1) is 15.7. The molecule has 0 saturated carbocycles. The Hall–Kier alpha value is -2.86. The van der Waals surface area contributed by atoms with Gasteiger partial charge in [-0.05, 0) is 31.9 Å². The number of hydrogen-bond acceptors (Lipinski definition) is 7. The molecule has 1 aromatic heterocycles. The largest absolute Gasteiger partial charge is 0.450 e. The average Bonchev–Trinajstić information content (AvgIpc) is 3.11. The summed E-state index contributed by atoms with van der Waals surface area (Å²) in [6.45, 7) is 4.02. The molecule has 0 bridgehead atoms. The van der Waals surface area contributed by atoms with Gasteiger partial charge < -0.3 is 19.0 Å². The van der Waals surface area contributed by atoms with E-state index in [-0.39, 0.29) is 29.0 Å². The van der Waals surface area contributed by atoms with Gasteiger partial charge in [0.2, 0.25) is 15.9 Å². The van der Waals surface area contributed by atoms with E-state index < -0.39 is 21.7 Å². The van der Waals surface area contributed by atoms with Crippen LogP contribution in [0.15, 0.2) is 32.3 Å². The smallest absolute Gasteiger partial charge is 0.419 e. The summed E-state index contributed by atoms with van der Waals surface area (Å²) in [6.07, 6.45) is 0.794. The lowest BCUT2D eigenvalue weighted by Gasteiger charge is -2.38. The Morgan fingerprint density at radius 1 is 1.12 bits per heavy atom. The first kappa shape index (κ1) is 23.3. The summed E-state index contributed by atoms with van der Waals surface area (Å²) in [4.78, 5) is 40.0. The van der Waals surface area contributed by atoms with Gasteiger partial charge in [0.05, 0.1) is 22.9 Å². The van der Waals surface area contributed by atoms with Gasteiger partial charge in [-0.25, -0.2) is 18.0 Å². The fraction of sp³-hybridized carbons (Fsp3) is 0.571. The minimum atomic E-state index is -3.86. The Balaban J connectivity index is 1.44. The zero-order valence-corrected chi connectivity index (χ0v) is 19.5. The first-order valence-corrected chi connectivity index (χ1v) is 12.5. The van der Waals surface area contributed by atoms with Crippen molar-refractivity contribution in [3.63, 3.8) is 0 Å². The molecule has 3 heterocycles. The Morgan fingerprint density at radius 3 is 2.52 bits per heavy atom. The first-order valence-electron chi connectivity index (χ1n) is 11.0. The van der Waals surface area contributed by atoms with E-state index in [1.54, 1.807) is 29.8 Å². The normalized spacial score (nSPS) is 20.2. The predicted octanol–water partition coefficient (Wildman–Crippen LogP) is 0.833. The minimum Gasteiger partial charge on any atom is -0.450 e. The van der Waals surface area contributed by atoms with Gasteiger partial charge in [0.1, 0.15) is 0 Å². The van der Waals surface area contributed by atoms with Crippen LogP contribution in [0.3, 0.4) is 0 Å². The SMILES string of the molecule is CCOC(=O)N1CCN(C(=O)[C@@H]2CCCN(S(=O)(=O)c3ccc4c(c3)oc(=O)n4C)C2)CC1. The number of amides is 2. The number of piperidine rings is 1. The Labute approximate surface area is 191 Å². The lowest BCUT2D eigenvalue weighted by molar-refractivity contribution is -0.138. The molecule has 11 nitrogen and oxygen atoms in total. The molecule has 1 atom stereocenters. The van der Waals surface area contributed by atoms with Gasteiger partial charge in [-0.1, -0.05) is 0 Å². The number of aryl methyl sites for hydroxylation is 1. The van der Waals surface area contributed by atoms with Crippen LogP contribution in [0.25, 0.3) is 11.1 Å². The van der Waals surface area contributed by atoms with Crippen LogP contribution in [0.5, 0.6) is 0 Å². The molecular formula is C21H28N4O7S. The molecule has 0 radical (unpaired) electrons. The highest BCUT2D eigenvalue weighted by Gasteiger charge is 2.36. The topological polar surface area (TPSA) is 122 Å². The van der Waals surface area contributed by atoms with Gasteiger partial charge in [-0.15, -0.1) is 0 Å². The lowest BCUT2D eigenvalue weighted by Crippen LogP contribution is -2.54. The number of carbonyl (C=O) groups is 2. The van der Waals surface area contributed by atoms with Gasteiger partial charge in [0.15, 0.2) is 5.58 Å². The number of aromatic nitrogens is 1. The number of oxazole rings is 1. The zero-order valence-electron chi connectivity index (χ0n) is 18.7. The third-order valence-electron chi connectivity index (χ3n) is 6.25. The molecule has 0 aliphatic carbocycles. The van der Waals surface area contributed by atoms with E-state index >= 15 is 0 Å². The van der Waals surface area contributed by atoms with Crippen LogP contribution >= 0.6 is 0 Å². The van der Waals surface area contributed by atoms with Crippen molar-refractivity contribution in [1.82, 2.24) is 18.7 Å². The second-order valence-corrected chi connectivity index (χ2v) is 10.2. The van der Waals surface area contributed by atoms with Gasteiger partial charge in [0.25, 0.3) is 0 Å².